The Bertz CT molecular complexity index is 312. The second kappa shape index (κ2) is 3.77. The van der Waals surface area contributed by atoms with E-state index in [1.54, 1.807) is 6.07 Å². The standard InChI is InChI=1S/C9H12FN3O/c10-6-2-1-3-7(6)12-9(14)8-4-5-11-13-8/h4-7H,1-3H2,(H,11,13)(H,12,14)/t6-,7-/m1/s1. The fraction of sp³-hybridized carbons (Fsp3) is 0.556. The number of amides is 1. The molecule has 1 saturated carbocycles. The predicted octanol–water partition coefficient (Wildman–Crippen LogP) is 1.03. The number of nitrogens with one attached hydrogen (secondary N) is 2. The predicted molar refractivity (Wildman–Crippen MR) is 48.6 cm³/mol. The van der Waals surface area contributed by atoms with E-state index in [0.29, 0.717) is 12.1 Å². The monoisotopic (exact) mass is 197 g/mol. The van der Waals surface area contributed by atoms with Crippen LogP contribution in [0.25, 0.3) is 0 Å². The number of nitrogens with zero attached hydrogens (tertiary/aromatic N) is 1. The zero-order chi connectivity index (χ0) is 9.97. The Balaban J connectivity index is 1.95. The lowest BCUT2D eigenvalue weighted by atomic mass is 10.2. The minimum atomic E-state index is -0.901. The van der Waals surface area contributed by atoms with Gasteiger partial charge >= 0.3 is 0 Å². The van der Waals surface area contributed by atoms with E-state index in [9.17, 15) is 9.18 Å². The van der Waals surface area contributed by atoms with Gasteiger partial charge in [0.15, 0.2) is 0 Å². The van der Waals surface area contributed by atoms with Crippen LogP contribution in [-0.2, 0) is 0 Å². The molecule has 1 aromatic rings. The topological polar surface area (TPSA) is 57.8 Å². The average molecular weight is 197 g/mol. The van der Waals surface area contributed by atoms with Crippen molar-refractivity contribution in [2.75, 3.05) is 0 Å². The van der Waals surface area contributed by atoms with Crippen LogP contribution in [0.15, 0.2) is 12.3 Å². The Morgan fingerprint density at radius 3 is 3.07 bits per heavy atom. The van der Waals surface area contributed by atoms with Crippen LogP contribution in [0.5, 0.6) is 0 Å². The third kappa shape index (κ3) is 1.76. The number of aromatic amines is 1. The Labute approximate surface area is 80.9 Å². The minimum absolute atomic E-state index is 0.281. The van der Waals surface area contributed by atoms with E-state index >= 15 is 0 Å². The summed E-state index contributed by atoms with van der Waals surface area (Å²) < 4.78 is 13.1. The fourth-order valence-corrected chi connectivity index (χ4v) is 1.71. The molecule has 1 heterocycles. The summed E-state index contributed by atoms with van der Waals surface area (Å²) in [7, 11) is 0. The first kappa shape index (κ1) is 9.18. The van der Waals surface area contributed by atoms with Gasteiger partial charge in [0.1, 0.15) is 11.9 Å². The summed E-state index contributed by atoms with van der Waals surface area (Å²) in [5.74, 6) is -0.281. The molecule has 0 aliphatic heterocycles. The summed E-state index contributed by atoms with van der Waals surface area (Å²) in [5, 5.41) is 8.84. The quantitative estimate of drug-likeness (QED) is 0.744. The fourth-order valence-electron chi connectivity index (χ4n) is 1.71. The normalized spacial score (nSPS) is 26.4. The highest BCUT2D eigenvalue weighted by Gasteiger charge is 2.28. The van der Waals surface area contributed by atoms with Crippen LogP contribution in [0.2, 0.25) is 0 Å². The molecule has 14 heavy (non-hydrogen) atoms. The van der Waals surface area contributed by atoms with E-state index in [2.05, 4.69) is 15.5 Å². The van der Waals surface area contributed by atoms with Gasteiger partial charge in [0, 0.05) is 6.20 Å². The maximum Gasteiger partial charge on any atom is 0.269 e. The van der Waals surface area contributed by atoms with E-state index in [4.69, 9.17) is 0 Å². The van der Waals surface area contributed by atoms with Crippen molar-refractivity contribution in [2.45, 2.75) is 31.5 Å². The number of carbonyl (C=O) groups excluding carboxylic acids is 1. The Hall–Kier alpha value is -1.39. The van der Waals surface area contributed by atoms with Gasteiger partial charge in [-0.3, -0.25) is 9.89 Å². The van der Waals surface area contributed by atoms with Crippen molar-refractivity contribution < 1.29 is 9.18 Å². The van der Waals surface area contributed by atoms with E-state index in [1.165, 1.54) is 6.20 Å². The van der Waals surface area contributed by atoms with Gasteiger partial charge in [-0.15, -0.1) is 0 Å². The Morgan fingerprint density at radius 1 is 1.64 bits per heavy atom. The van der Waals surface area contributed by atoms with Crippen molar-refractivity contribution in [3.8, 4) is 0 Å². The third-order valence-electron chi connectivity index (χ3n) is 2.49. The minimum Gasteiger partial charge on any atom is -0.345 e. The third-order valence-corrected chi connectivity index (χ3v) is 2.49. The van der Waals surface area contributed by atoms with Crippen LogP contribution in [0.1, 0.15) is 29.8 Å². The Morgan fingerprint density at radius 2 is 2.50 bits per heavy atom. The zero-order valence-corrected chi connectivity index (χ0v) is 7.66. The van der Waals surface area contributed by atoms with Crippen molar-refractivity contribution in [1.29, 1.82) is 0 Å². The van der Waals surface area contributed by atoms with Crippen LogP contribution < -0.4 is 5.32 Å². The number of hydrogen-bond donors (Lipinski definition) is 2. The van der Waals surface area contributed by atoms with Crippen LogP contribution in [0.4, 0.5) is 4.39 Å². The molecule has 0 radical (unpaired) electrons. The highest BCUT2D eigenvalue weighted by atomic mass is 19.1. The van der Waals surface area contributed by atoms with Crippen molar-refractivity contribution in [3.05, 3.63) is 18.0 Å². The molecule has 1 aliphatic rings. The lowest BCUT2D eigenvalue weighted by Crippen LogP contribution is -2.38. The van der Waals surface area contributed by atoms with Gasteiger partial charge in [-0.1, -0.05) is 0 Å². The molecule has 2 rings (SSSR count). The molecule has 1 amide bonds. The summed E-state index contributed by atoms with van der Waals surface area (Å²) in [6.45, 7) is 0. The van der Waals surface area contributed by atoms with Crippen LogP contribution in [0, 0.1) is 0 Å². The molecule has 1 aromatic heterocycles. The molecule has 1 fully saturated rings. The van der Waals surface area contributed by atoms with Gasteiger partial charge in [-0.2, -0.15) is 5.10 Å². The van der Waals surface area contributed by atoms with Crippen molar-refractivity contribution >= 4 is 5.91 Å². The van der Waals surface area contributed by atoms with Gasteiger partial charge in [0.25, 0.3) is 5.91 Å². The maximum absolute atomic E-state index is 13.1. The summed E-state index contributed by atoms with van der Waals surface area (Å²) in [6.07, 6.45) is 2.71. The molecule has 2 atom stereocenters. The first-order chi connectivity index (χ1) is 6.77. The van der Waals surface area contributed by atoms with E-state index < -0.39 is 6.17 Å². The second-order valence-corrected chi connectivity index (χ2v) is 3.50. The van der Waals surface area contributed by atoms with Gasteiger partial charge in [0.05, 0.1) is 6.04 Å². The molecule has 0 saturated heterocycles. The number of rotatable bonds is 2. The van der Waals surface area contributed by atoms with Crippen molar-refractivity contribution in [1.82, 2.24) is 15.5 Å². The van der Waals surface area contributed by atoms with E-state index in [0.717, 1.165) is 12.8 Å². The van der Waals surface area contributed by atoms with Gasteiger partial charge < -0.3 is 5.32 Å². The van der Waals surface area contributed by atoms with Gasteiger partial charge in [-0.05, 0) is 25.3 Å². The molecular weight excluding hydrogens is 185 g/mol. The summed E-state index contributed by atoms with van der Waals surface area (Å²) in [5.41, 5.74) is 0.379. The second-order valence-electron chi connectivity index (χ2n) is 3.50. The van der Waals surface area contributed by atoms with E-state index in [1.807, 2.05) is 0 Å². The maximum atomic E-state index is 13.1. The van der Waals surface area contributed by atoms with Crippen molar-refractivity contribution in [2.24, 2.45) is 0 Å². The van der Waals surface area contributed by atoms with Gasteiger partial charge in [0.2, 0.25) is 0 Å². The first-order valence-electron chi connectivity index (χ1n) is 4.71. The molecule has 0 aromatic carbocycles. The number of aromatic nitrogens is 2. The average Bonchev–Trinajstić information content (AvgIpc) is 2.77. The lowest BCUT2D eigenvalue weighted by molar-refractivity contribution is 0.0914. The highest BCUT2D eigenvalue weighted by molar-refractivity contribution is 5.92. The number of halogens is 1. The van der Waals surface area contributed by atoms with Crippen LogP contribution in [-0.4, -0.2) is 28.3 Å². The number of alkyl halides is 1. The Kier molecular flexibility index (Phi) is 2.47. The zero-order valence-electron chi connectivity index (χ0n) is 7.66. The van der Waals surface area contributed by atoms with Gasteiger partial charge in [-0.25, -0.2) is 4.39 Å². The molecule has 0 spiro atoms. The molecular formula is C9H12FN3O. The van der Waals surface area contributed by atoms with E-state index in [-0.39, 0.29) is 11.9 Å². The number of H-pyrrole nitrogens is 1. The highest BCUT2D eigenvalue weighted by Crippen LogP contribution is 2.21. The first-order valence-corrected chi connectivity index (χ1v) is 4.71. The summed E-state index contributed by atoms with van der Waals surface area (Å²) in [4.78, 5) is 11.5. The molecule has 0 unspecified atom stereocenters. The largest absolute Gasteiger partial charge is 0.345 e. The SMILES string of the molecule is O=C(N[C@@H]1CCC[C@H]1F)c1ccn[nH]1. The molecule has 5 heteroatoms. The molecule has 4 nitrogen and oxygen atoms in total. The van der Waals surface area contributed by atoms with Crippen molar-refractivity contribution in [3.63, 3.8) is 0 Å². The van der Waals surface area contributed by atoms with Crippen LogP contribution in [0.3, 0.4) is 0 Å². The number of hydrogen-bond acceptors (Lipinski definition) is 2. The van der Waals surface area contributed by atoms with Crippen LogP contribution >= 0.6 is 0 Å². The molecule has 0 bridgehead atoms. The molecule has 2 N–H and O–H groups in total. The summed E-state index contributed by atoms with van der Waals surface area (Å²) >= 11 is 0. The summed E-state index contributed by atoms with van der Waals surface area (Å²) in [6, 6.07) is 1.24. The molecule has 76 valence electrons. The smallest absolute Gasteiger partial charge is 0.269 e. The lowest BCUT2D eigenvalue weighted by Gasteiger charge is -2.13. The number of carbonyl (C=O) groups is 1. The molecule has 1 aliphatic carbocycles.